The van der Waals surface area contributed by atoms with Gasteiger partial charge in [-0.15, -0.1) is 0 Å². The van der Waals surface area contributed by atoms with Crippen LogP contribution in [-0.2, 0) is 0 Å². The molecule has 2 rings (SSSR count). The van der Waals surface area contributed by atoms with E-state index in [1.165, 1.54) is 38.5 Å². The van der Waals surface area contributed by atoms with Gasteiger partial charge in [-0.2, -0.15) is 15.0 Å². The Kier molecular flexibility index (Phi) is 7.86. The Balaban J connectivity index is 1.98. The monoisotopic (exact) mass is 322 g/mol. The number of hydrogen-bond donors (Lipinski definition) is 3. The lowest BCUT2D eigenvalue weighted by atomic mass is 10.1. The van der Waals surface area contributed by atoms with Crippen molar-refractivity contribution in [3.05, 3.63) is 0 Å². The molecule has 7 nitrogen and oxygen atoms in total. The molecule has 1 aromatic rings. The molecular formula is C16H30N6O. The van der Waals surface area contributed by atoms with E-state index in [1.807, 2.05) is 0 Å². The first-order valence-electron chi connectivity index (χ1n) is 8.98. The summed E-state index contributed by atoms with van der Waals surface area (Å²) in [5, 5.41) is 12.4. The topological polar surface area (TPSA) is 86.2 Å². The van der Waals surface area contributed by atoms with E-state index in [0.717, 1.165) is 38.9 Å². The number of anilines is 3. The van der Waals surface area contributed by atoms with Gasteiger partial charge in [0.05, 0.1) is 0 Å². The van der Waals surface area contributed by atoms with E-state index in [0.29, 0.717) is 11.9 Å². The van der Waals surface area contributed by atoms with Gasteiger partial charge in [-0.25, -0.2) is 5.48 Å². The zero-order valence-corrected chi connectivity index (χ0v) is 14.2. The summed E-state index contributed by atoms with van der Waals surface area (Å²) in [6.07, 6.45) is 10.9. The quantitative estimate of drug-likeness (QED) is 0.499. The predicted octanol–water partition coefficient (Wildman–Crippen LogP) is 3.44. The van der Waals surface area contributed by atoms with Crippen LogP contribution in [0.15, 0.2) is 0 Å². The van der Waals surface area contributed by atoms with Crippen LogP contribution in [0, 0.1) is 0 Å². The molecule has 130 valence electrons. The largest absolute Gasteiger partial charge is 0.354 e. The summed E-state index contributed by atoms with van der Waals surface area (Å²) in [6, 6.07) is 0. The number of unbranched alkanes of at least 4 members (excludes halogenated alkanes) is 3. The normalized spacial score (nSPS) is 15.8. The molecule has 7 heteroatoms. The van der Waals surface area contributed by atoms with Crippen LogP contribution in [0.25, 0.3) is 0 Å². The highest BCUT2D eigenvalue weighted by molar-refractivity contribution is 5.42. The second kappa shape index (κ2) is 10.2. The number of nitrogens with one attached hydrogen (secondary N) is 2. The van der Waals surface area contributed by atoms with Gasteiger partial charge in [0.15, 0.2) is 0 Å². The Morgan fingerprint density at radius 2 is 1.61 bits per heavy atom. The summed E-state index contributed by atoms with van der Waals surface area (Å²) >= 11 is 0. The van der Waals surface area contributed by atoms with Crippen LogP contribution < -0.4 is 15.7 Å². The van der Waals surface area contributed by atoms with E-state index in [-0.39, 0.29) is 5.95 Å². The van der Waals surface area contributed by atoms with Crippen LogP contribution >= 0.6 is 0 Å². The lowest BCUT2D eigenvalue weighted by Crippen LogP contribution is -2.29. The average molecular weight is 322 g/mol. The Labute approximate surface area is 138 Å². The maximum absolute atomic E-state index is 9.18. The van der Waals surface area contributed by atoms with Crippen molar-refractivity contribution in [3.8, 4) is 0 Å². The number of rotatable bonds is 8. The molecule has 1 fully saturated rings. The first-order chi connectivity index (χ1) is 11.3. The van der Waals surface area contributed by atoms with Crippen LogP contribution in [0.3, 0.4) is 0 Å². The van der Waals surface area contributed by atoms with E-state index in [2.05, 4.69) is 37.6 Å². The van der Waals surface area contributed by atoms with Crippen LogP contribution in [0.5, 0.6) is 0 Å². The van der Waals surface area contributed by atoms with E-state index in [1.54, 1.807) is 0 Å². The van der Waals surface area contributed by atoms with Crippen LogP contribution in [0.1, 0.15) is 64.7 Å². The second-order valence-corrected chi connectivity index (χ2v) is 6.14. The van der Waals surface area contributed by atoms with Gasteiger partial charge < -0.3 is 10.2 Å². The third-order valence-electron chi connectivity index (χ3n) is 4.18. The SMILES string of the molecule is CCCCCCNc1nc(NO)nc(N2CCCCCCC2)n1. The Morgan fingerprint density at radius 1 is 0.913 bits per heavy atom. The summed E-state index contributed by atoms with van der Waals surface area (Å²) in [6.45, 7) is 4.97. The minimum atomic E-state index is 0.202. The maximum atomic E-state index is 9.18. The molecule has 0 unspecified atom stereocenters. The molecule has 1 aromatic heterocycles. The van der Waals surface area contributed by atoms with Crippen LogP contribution in [0.4, 0.5) is 17.8 Å². The lowest BCUT2D eigenvalue weighted by Gasteiger charge is -2.25. The summed E-state index contributed by atoms with van der Waals surface area (Å²) < 4.78 is 0. The van der Waals surface area contributed by atoms with Crippen molar-refractivity contribution in [1.29, 1.82) is 0 Å². The van der Waals surface area contributed by atoms with Crippen molar-refractivity contribution >= 4 is 17.8 Å². The van der Waals surface area contributed by atoms with Gasteiger partial charge in [0.1, 0.15) is 0 Å². The highest BCUT2D eigenvalue weighted by atomic mass is 16.5. The molecule has 1 aliphatic heterocycles. The minimum absolute atomic E-state index is 0.202. The van der Waals surface area contributed by atoms with Crippen LogP contribution in [-0.4, -0.2) is 39.8 Å². The van der Waals surface area contributed by atoms with Crippen molar-refractivity contribution in [1.82, 2.24) is 15.0 Å². The molecule has 0 saturated carbocycles. The fraction of sp³-hybridized carbons (Fsp3) is 0.812. The van der Waals surface area contributed by atoms with Crippen LogP contribution in [0.2, 0.25) is 0 Å². The lowest BCUT2D eigenvalue weighted by molar-refractivity contribution is 0.382. The predicted molar refractivity (Wildman–Crippen MR) is 93.2 cm³/mol. The van der Waals surface area contributed by atoms with Crippen molar-refractivity contribution in [3.63, 3.8) is 0 Å². The van der Waals surface area contributed by atoms with E-state index < -0.39 is 0 Å². The molecule has 0 bridgehead atoms. The number of hydrogen-bond acceptors (Lipinski definition) is 7. The molecule has 1 saturated heterocycles. The molecular weight excluding hydrogens is 292 g/mol. The highest BCUT2D eigenvalue weighted by Crippen LogP contribution is 2.18. The first-order valence-corrected chi connectivity index (χ1v) is 8.98. The van der Waals surface area contributed by atoms with Gasteiger partial charge in [0.25, 0.3) is 5.95 Å². The Bertz CT molecular complexity index is 448. The summed E-state index contributed by atoms with van der Waals surface area (Å²) in [7, 11) is 0. The molecule has 23 heavy (non-hydrogen) atoms. The molecule has 0 radical (unpaired) electrons. The smallest absolute Gasteiger partial charge is 0.253 e. The fourth-order valence-corrected chi connectivity index (χ4v) is 2.83. The van der Waals surface area contributed by atoms with Gasteiger partial charge in [0.2, 0.25) is 11.9 Å². The minimum Gasteiger partial charge on any atom is -0.354 e. The molecule has 3 N–H and O–H groups in total. The molecule has 0 atom stereocenters. The number of nitrogens with zero attached hydrogens (tertiary/aromatic N) is 4. The summed E-state index contributed by atoms with van der Waals surface area (Å²) in [5.74, 6) is 1.38. The molecule has 1 aliphatic rings. The number of aromatic nitrogens is 3. The van der Waals surface area contributed by atoms with Gasteiger partial charge in [-0.05, 0) is 19.3 Å². The van der Waals surface area contributed by atoms with Crippen molar-refractivity contribution in [2.75, 3.05) is 35.3 Å². The molecule has 0 aromatic carbocycles. The third kappa shape index (κ3) is 6.17. The first kappa shape index (κ1) is 17.7. The molecule has 0 spiro atoms. The standard InChI is InChI=1S/C16H30N6O/c1-2-3-4-8-11-17-14-18-15(21-23)20-16(19-14)22-12-9-6-5-7-10-13-22/h23H,2-13H2,1H3,(H2,17,18,19,20,21). The zero-order valence-electron chi connectivity index (χ0n) is 14.2. The average Bonchev–Trinajstić information content (AvgIpc) is 2.54. The summed E-state index contributed by atoms with van der Waals surface area (Å²) in [4.78, 5) is 15.2. The van der Waals surface area contributed by atoms with Crippen molar-refractivity contribution < 1.29 is 5.21 Å². The van der Waals surface area contributed by atoms with E-state index >= 15 is 0 Å². The van der Waals surface area contributed by atoms with Crippen molar-refractivity contribution in [2.24, 2.45) is 0 Å². The Hall–Kier alpha value is -1.63. The molecule has 2 heterocycles. The Morgan fingerprint density at radius 3 is 2.30 bits per heavy atom. The highest BCUT2D eigenvalue weighted by Gasteiger charge is 2.14. The van der Waals surface area contributed by atoms with Gasteiger partial charge in [-0.1, -0.05) is 45.4 Å². The van der Waals surface area contributed by atoms with Gasteiger partial charge in [0, 0.05) is 19.6 Å². The van der Waals surface area contributed by atoms with E-state index in [9.17, 15) is 5.21 Å². The second-order valence-electron chi connectivity index (χ2n) is 6.14. The maximum Gasteiger partial charge on any atom is 0.253 e. The molecule has 0 aliphatic carbocycles. The fourth-order valence-electron chi connectivity index (χ4n) is 2.83. The summed E-state index contributed by atoms with van der Waals surface area (Å²) in [5.41, 5.74) is 2.06. The zero-order chi connectivity index (χ0) is 16.3. The molecule has 0 amide bonds. The van der Waals surface area contributed by atoms with Crippen molar-refractivity contribution in [2.45, 2.75) is 64.7 Å². The third-order valence-corrected chi connectivity index (χ3v) is 4.18. The van der Waals surface area contributed by atoms with Gasteiger partial charge >= 0.3 is 0 Å². The van der Waals surface area contributed by atoms with E-state index in [4.69, 9.17) is 0 Å². The van der Waals surface area contributed by atoms with Gasteiger partial charge in [-0.3, -0.25) is 5.21 Å².